The number of pyridine rings is 1. The van der Waals surface area contributed by atoms with Crippen molar-refractivity contribution in [3.8, 4) is 22.3 Å². The average Bonchev–Trinajstić information content (AvgIpc) is 3.87. The summed E-state index contributed by atoms with van der Waals surface area (Å²) in [5.74, 6) is 0.870. The van der Waals surface area contributed by atoms with Crippen LogP contribution in [-0.4, -0.2) is 4.98 Å². The molecule has 2 aliphatic rings. The largest absolute Gasteiger partial charge is 0.309 e. The Kier molecular flexibility index (Phi) is 8.20. The summed E-state index contributed by atoms with van der Waals surface area (Å²) in [6, 6.07) is 89.2. The van der Waals surface area contributed by atoms with Gasteiger partial charge in [0.15, 0.2) is 0 Å². The van der Waals surface area contributed by atoms with Crippen LogP contribution < -0.4 is 9.80 Å². The standard InChI is InChI=1S/C64H41N3/c1-3-22-44(23-4-1)66(59-37-19-36-58-63(59)52-32-15-18-35-57(52)64(58)55-33-16-13-28-48(55)49-29-14-17-34-56(49)64)60-39-53-47-27-10-12-31-51(47)61(40-54(53)46-26-9-11-30-50(46)60)67(45-24-5-2-6-25-45)62-38-42-20-7-8-21-43(42)41-65-62/h1-41H. The summed E-state index contributed by atoms with van der Waals surface area (Å²) in [6.07, 6.45) is 1.99. The lowest BCUT2D eigenvalue weighted by Gasteiger charge is -2.32. The Morgan fingerprint density at radius 1 is 0.299 bits per heavy atom. The summed E-state index contributed by atoms with van der Waals surface area (Å²) in [6.45, 7) is 0. The zero-order chi connectivity index (χ0) is 44.1. The molecular weight excluding hydrogens is 811 g/mol. The van der Waals surface area contributed by atoms with E-state index in [-0.39, 0.29) is 0 Å². The first kappa shape index (κ1) is 37.6. The molecule has 0 atom stereocenters. The highest BCUT2D eigenvalue weighted by Crippen LogP contribution is 2.65. The van der Waals surface area contributed by atoms with Crippen LogP contribution in [-0.2, 0) is 5.41 Å². The van der Waals surface area contributed by atoms with Crippen LogP contribution in [0.3, 0.4) is 0 Å². The van der Waals surface area contributed by atoms with Crippen molar-refractivity contribution >= 4 is 77.3 Å². The molecule has 12 aromatic rings. The minimum absolute atomic E-state index is 0.458. The molecule has 11 aromatic carbocycles. The summed E-state index contributed by atoms with van der Waals surface area (Å²) in [5, 5.41) is 9.33. The van der Waals surface area contributed by atoms with E-state index in [1.54, 1.807) is 0 Å². The fourth-order valence-electron chi connectivity index (χ4n) is 11.7. The van der Waals surface area contributed by atoms with Gasteiger partial charge in [0, 0.05) is 39.3 Å². The smallest absolute Gasteiger partial charge is 0.138 e. The van der Waals surface area contributed by atoms with Crippen molar-refractivity contribution in [2.75, 3.05) is 9.80 Å². The molecule has 312 valence electrons. The first-order valence-corrected chi connectivity index (χ1v) is 23.1. The second-order valence-corrected chi connectivity index (χ2v) is 17.8. The number of anilines is 6. The highest BCUT2D eigenvalue weighted by molar-refractivity contribution is 6.25. The minimum atomic E-state index is -0.458. The highest BCUT2D eigenvalue weighted by atomic mass is 15.2. The molecule has 0 bridgehead atoms. The first-order chi connectivity index (χ1) is 33.3. The summed E-state index contributed by atoms with van der Waals surface area (Å²) < 4.78 is 0. The molecule has 14 rings (SSSR count). The summed E-state index contributed by atoms with van der Waals surface area (Å²) in [7, 11) is 0. The molecule has 0 aliphatic heterocycles. The number of benzene rings is 11. The molecule has 3 nitrogen and oxygen atoms in total. The van der Waals surface area contributed by atoms with Gasteiger partial charge in [0.2, 0.25) is 0 Å². The average molecular weight is 852 g/mol. The minimum Gasteiger partial charge on any atom is -0.309 e. The first-order valence-electron chi connectivity index (χ1n) is 23.1. The summed E-state index contributed by atoms with van der Waals surface area (Å²) in [4.78, 5) is 9.98. The number of nitrogens with zero attached hydrogens (tertiary/aromatic N) is 3. The van der Waals surface area contributed by atoms with Crippen molar-refractivity contribution < 1.29 is 0 Å². The Morgan fingerprint density at radius 3 is 1.36 bits per heavy atom. The topological polar surface area (TPSA) is 19.4 Å². The fourth-order valence-corrected chi connectivity index (χ4v) is 11.7. The second-order valence-electron chi connectivity index (χ2n) is 17.8. The zero-order valence-electron chi connectivity index (χ0n) is 36.5. The normalized spacial score (nSPS) is 12.9. The molecule has 67 heavy (non-hydrogen) atoms. The van der Waals surface area contributed by atoms with Crippen LogP contribution in [0.2, 0.25) is 0 Å². The predicted molar refractivity (Wildman–Crippen MR) is 280 cm³/mol. The maximum atomic E-state index is 5.13. The van der Waals surface area contributed by atoms with Crippen molar-refractivity contribution in [1.82, 2.24) is 4.98 Å². The summed E-state index contributed by atoms with van der Waals surface area (Å²) >= 11 is 0. The van der Waals surface area contributed by atoms with Crippen LogP contribution in [0.4, 0.5) is 34.3 Å². The molecule has 0 saturated carbocycles. The molecule has 0 unspecified atom stereocenters. The number of hydrogen-bond acceptors (Lipinski definition) is 3. The monoisotopic (exact) mass is 851 g/mol. The maximum Gasteiger partial charge on any atom is 0.138 e. The molecule has 1 spiro atoms. The lowest BCUT2D eigenvalue weighted by molar-refractivity contribution is 0.794. The Hall–Kier alpha value is -8.79. The maximum absolute atomic E-state index is 5.13. The molecule has 3 heteroatoms. The van der Waals surface area contributed by atoms with Crippen molar-refractivity contribution in [2.45, 2.75) is 5.41 Å². The van der Waals surface area contributed by atoms with E-state index in [1.807, 2.05) is 6.20 Å². The molecule has 0 radical (unpaired) electrons. The molecule has 1 aromatic heterocycles. The van der Waals surface area contributed by atoms with Crippen LogP contribution >= 0.6 is 0 Å². The summed E-state index contributed by atoms with van der Waals surface area (Å²) in [5.41, 5.74) is 15.5. The number of hydrogen-bond donors (Lipinski definition) is 0. The van der Waals surface area contributed by atoms with Crippen LogP contribution in [0.5, 0.6) is 0 Å². The van der Waals surface area contributed by atoms with Gasteiger partial charge in [0.25, 0.3) is 0 Å². The van der Waals surface area contributed by atoms with Gasteiger partial charge >= 0.3 is 0 Å². The molecule has 0 fully saturated rings. The third kappa shape index (κ3) is 5.37. The third-order valence-corrected chi connectivity index (χ3v) is 14.4. The van der Waals surface area contributed by atoms with Gasteiger partial charge < -0.3 is 4.90 Å². The molecule has 0 N–H and O–H groups in total. The van der Waals surface area contributed by atoms with Crippen LogP contribution in [0.1, 0.15) is 22.3 Å². The van der Waals surface area contributed by atoms with Gasteiger partial charge in [-0.25, -0.2) is 4.98 Å². The van der Waals surface area contributed by atoms with Gasteiger partial charge in [0.1, 0.15) is 5.82 Å². The Bertz CT molecular complexity index is 3900. The number of aromatic nitrogens is 1. The van der Waals surface area contributed by atoms with Crippen molar-refractivity contribution in [3.63, 3.8) is 0 Å². The zero-order valence-corrected chi connectivity index (χ0v) is 36.5. The number of rotatable bonds is 6. The van der Waals surface area contributed by atoms with Gasteiger partial charge in [-0.1, -0.05) is 194 Å². The number of fused-ring (bicyclic) bond motifs is 16. The highest BCUT2D eigenvalue weighted by Gasteiger charge is 2.52. The van der Waals surface area contributed by atoms with E-state index >= 15 is 0 Å². The molecule has 0 amide bonds. The van der Waals surface area contributed by atoms with Gasteiger partial charge in [0.05, 0.1) is 22.5 Å². The SMILES string of the molecule is c1ccc(N(c2cc3ccccc3cn2)c2cc3c4ccccc4c(N(c4ccccc4)c4cccc5c4-c4ccccc4C54c5ccccc5-c5ccccc54)cc3c3ccccc23)cc1. The van der Waals surface area contributed by atoms with Gasteiger partial charge in [-0.15, -0.1) is 0 Å². The third-order valence-electron chi connectivity index (χ3n) is 14.4. The van der Waals surface area contributed by atoms with E-state index in [4.69, 9.17) is 4.98 Å². The Morgan fingerprint density at radius 2 is 0.746 bits per heavy atom. The lowest BCUT2D eigenvalue weighted by Crippen LogP contribution is -2.26. The molecular formula is C64H41N3. The van der Waals surface area contributed by atoms with Crippen LogP contribution in [0.25, 0.3) is 65.3 Å². The molecule has 2 aliphatic carbocycles. The van der Waals surface area contributed by atoms with E-state index in [9.17, 15) is 0 Å². The Balaban J connectivity index is 1.06. The predicted octanol–water partition coefficient (Wildman–Crippen LogP) is 17.0. The van der Waals surface area contributed by atoms with Gasteiger partial charge in [-0.3, -0.25) is 4.90 Å². The van der Waals surface area contributed by atoms with Crippen LogP contribution in [0.15, 0.2) is 249 Å². The van der Waals surface area contributed by atoms with E-state index in [0.29, 0.717) is 0 Å². The van der Waals surface area contributed by atoms with Crippen molar-refractivity contribution in [2.24, 2.45) is 0 Å². The quantitative estimate of drug-likeness (QED) is 0.155. The Labute approximate surface area is 389 Å². The molecule has 1 heterocycles. The van der Waals surface area contributed by atoms with Crippen molar-refractivity contribution in [3.05, 3.63) is 271 Å². The van der Waals surface area contributed by atoms with Crippen LogP contribution in [0, 0.1) is 0 Å². The fraction of sp³-hybridized carbons (Fsp3) is 0.0156. The number of para-hydroxylation sites is 2. The van der Waals surface area contributed by atoms with Gasteiger partial charge in [-0.2, -0.15) is 0 Å². The van der Waals surface area contributed by atoms with E-state index in [2.05, 4.69) is 252 Å². The lowest BCUT2D eigenvalue weighted by atomic mass is 9.70. The van der Waals surface area contributed by atoms with E-state index in [0.717, 1.165) is 50.4 Å². The van der Waals surface area contributed by atoms with Gasteiger partial charge in [-0.05, 0) is 114 Å². The molecule has 0 saturated heterocycles. The van der Waals surface area contributed by atoms with E-state index in [1.165, 1.54) is 71.4 Å². The van der Waals surface area contributed by atoms with Crippen molar-refractivity contribution in [1.29, 1.82) is 0 Å². The van der Waals surface area contributed by atoms with E-state index < -0.39 is 5.41 Å². The second kappa shape index (κ2) is 14.6.